The highest BCUT2D eigenvalue weighted by Gasteiger charge is 2.05. The summed E-state index contributed by atoms with van der Waals surface area (Å²) in [6, 6.07) is 9.50. The van der Waals surface area contributed by atoms with Crippen LogP contribution in [-0.2, 0) is 13.7 Å². The molecule has 1 atom stereocenters. The van der Waals surface area contributed by atoms with E-state index in [1.807, 2.05) is 49.0 Å². The van der Waals surface area contributed by atoms with Crippen molar-refractivity contribution in [3.63, 3.8) is 0 Å². The maximum absolute atomic E-state index is 9.51. The molecule has 1 unspecified atom stereocenters. The van der Waals surface area contributed by atoms with Crippen molar-refractivity contribution in [1.82, 2.24) is 9.78 Å². The molecule has 0 saturated carbocycles. The molecule has 1 aromatic heterocycles. The van der Waals surface area contributed by atoms with Crippen LogP contribution in [0, 0.1) is 6.92 Å². The summed E-state index contributed by atoms with van der Waals surface area (Å²) in [4.78, 5) is 0. The summed E-state index contributed by atoms with van der Waals surface area (Å²) in [5.74, 6) is 0.757. The third-order valence-electron chi connectivity index (χ3n) is 2.83. The predicted molar refractivity (Wildman–Crippen MR) is 69.4 cm³/mol. The summed E-state index contributed by atoms with van der Waals surface area (Å²) in [5.41, 5.74) is 2.86. The molecule has 4 heteroatoms. The molecule has 0 spiro atoms. The SMILES string of the molecule is Cc1cc(COc2cccc(C(C)O)c2)n(C)n1. The van der Waals surface area contributed by atoms with Crippen LogP contribution in [0.25, 0.3) is 0 Å². The molecule has 1 heterocycles. The van der Waals surface area contributed by atoms with E-state index >= 15 is 0 Å². The Labute approximate surface area is 107 Å². The van der Waals surface area contributed by atoms with Gasteiger partial charge in [-0.3, -0.25) is 4.68 Å². The summed E-state index contributed by atoms with van der Waals surface area (Å²) < 4.78 is 7.52. The third kappa shape index (κ3) is 2.90. The van der Waals surface area contributed by atoms with Gasteiger partial charge in [0.25, 0.3) is 0 Å². The van der Waals surface area contributed by atoms with E-state index in [0.29, 0.717) is 6.61 Å². The second-order valence-corrected chi connectivity index (χ2v) is 4.44. The molecular formula is C14H18N2O2. The van der Waals surface area contributed by atoms with Crippen molar-refractivity contribution in [1.29, 1.82) is 0 Å². The minimum absolute atomic E-state index is 0.473. The Bertz CT molecular complexity index is 532. The molecular weight excluding hydrogens is 228 g/mol. The van der Waals surface area contributed by atoms with Crippen LogP contribution in [0.15, 0.2) is 30.3 Å². The highest BCUT2D eigenvalue weighted by molar-refractivity contribution is 5.29. The highest BCUT2D eigenvalue weighted by atomic mass is 16.5. The molecule has 96 valence electrons. The van der Waals surface area contributed by atoms with Gasteiger partial charge in [-0.05, 0) is 37.6 Å². The second-order valence-electron chi connectivity index (χ2n) is 4.44. The smallest absolute Gasteiger partial charge is 0.130 e. The lowest BCUT2D eigenvalue weighted by atomic mass is 10.1. The van der Waals surface area contributed by atoms with Gasteiger partial charge in [0.15, 0.2) is 0 Å². The summed E-state index contributed by atoms with van der Waals surface area (Å²) in [7, 11) is 1.90. The standard InChI is InChI=1S/C14H18N2O2/c1-10-7-13(16(3)15-10)9-18-14-6-4-5-12(8-14)11(2)17/h4-8,11,17H,9H2,1-3H3. The minimum Gasteiger partial charge on any atom is -0.487 e. The molecule has 1 aromatic carbocycles. The predicted octanol–water partition coefficient (Wildman–Crippen LogP) is 2.36. The number of aliphatic hydroxyl groups is 1. The lowest BCUT2D eigenvalue weighted by molar-refractivity contribution is 0.198. The molecule has 0 saturated heterocycles. The van der Waals surface area contributed by atoms with Gasteiger partial charge in [-0.25, -0.2) is 0 Å². The Morgan fingerprint density at radius 3 is 2.78 bits per heavy atom. The van der Waals surface area contributed by atoms with Gasteiger partial charge in [0.1, 0.15) is 12.4 Å². The zero-order valence-electron chi connectivity index (χ0n) is 10.9. The molecule has 4 nitrogen and oxygen atoms in total. The monoisotopic (exact) mass is 246 g/mol. The number of hydrogen-bond donors (Lipinski definition) is 1. The van der Waals surface area contributed by atoms with E-state index in [1.165, 1.54) is 0 Å². The van der Waals surface area contributed by atoms with E-state index in [0.717, 1.165) is 22.7 Å². The average Bonchev–Trinajstić information content (AvgIpc) is 2.65. The highest BCUT2D eigenvalue weighted by Crippen LogP contribution is 2.19. The molecule has 1 N–H and O–H groups in total. The molecule has 18 heavy (non-hydrogen) atoms. The normalized spacial score (nSPS) is 12.4. The van der Waals surface area contributed by atoms with Crippen LogP contribution in [-0.4, -0.2) is 14.9 Å². The summed E-state index contributed by atoms with van der Waals surface area (Å²) in [6.45, 7) is 4.17. The van der Waals surface area contributed by atoms with Crippen molar-refractivity contribution in [3.8, 4) is 5.75 Å². The molecule has 0 radical (unpaired) electrons. The number of rotatable bonds is 4. The van der Waals surface area contributed by atoms with E-state index < -0.39 is 6.10 Å². The molecule has 0 fully saturated rings. The Balaban J connectivity index is 2.06. The lowest BCUT2D eigenvalue weighted by Gasteiger charge is -2.09. The van der Waals surface area contributed by atoms with Crippen LogP contribution in [0.5, 0.6) is 5.75 Å². The molecule has 0 amide bonds. The van der Waals surface area contributed by atoms with Crippen molar-refractivity contribution in [3.05, 3.63) is 47.3 Å². The minimum atomic E-state index is -0.479. The average molecular weight is 246 g/mol. The Hall–Kier alpha value is -1.81. The van der Waals surface area contributed by atoms with Gasteiger partial charge in [0, 0.05) is 7.05 Å². The Morgan fingerprint density at radius 2 is 2.17 bits per heavy atom. The van der Waals surface area contributed by atoms with Crippen LogP contribution in [0.1, 0.15) is 30.0 Å². The summed E-state index contributed by atoms with van der Waals surface area (Å²) in [6.07, 6.45) is -0.479. The van der Waals surface area contributed by atoms with E-state index in [9.17, 15) is 5.11 Å². The summed E-state index contributed by atoms with van der Waals surface area (Å²) in [5, 5.41) is 13.8. The van der Waals surface area contributed by atoms with E-state index in [-0.39, 0.29) is 0 Å². The number of benzene rings is 1. The van der Waals surface area contributed by atoms with Crippen LogP contribution in [0.4, 0.5) is 0 Å². The fraction of sp³-hybridized carbons (Fsp3) is 0.357. The maximum Gasteiger partial charge on any atom is 0.130 e. The quantitative estimate of drug-likeness (QED) is 0.900. The first-order valence-electron chi connectivity index (χ1n) is 5.96. The molecule has 2 rings (SSSR count). The van der Waals surface area contributed by atoms with Gasteiger partial charge in [0.2, 0.25) is 0 Å². The first-order chi connectivity index (χ1) is 8.56. The van der Waals surface area contributed by atoms with Crippen LogP contribution in [0.3, 0.4) is 0 Å². The van der Waals surface area contributed by atoms with Crippen LogP contribution < -0.4 is 4.74 Å². The number of ether oxygens (including phenoxy) is 1. The topological polar surface area (TPSA) is 47.3 Å². The zero-order valence-corrected chi connectivity index (χ0v) is 10.9. The fourth-order valence-corrected chi connectivity index (χ4v) is 1.82. The number of aromatic nitrogens is 2. The lowest BCUT2D eigenvalue weighted by Crippen LogP contribution is -2.03. The molecule has 0 aliphatic carbocycles. The van der Waals surface area contributed by atoms with Gasteiger partial charge >= 0.3 is 0 Å². The number of aliphatic hydroxyl groups excluding tert-OH is 1. The number of nitrogens with zero attached hydrogens (tertiary/aromatic N) is 2. The number of hydrogen-bond acceptors (Lipinski definition) is 3. The van der Waals surface area contributed by atoms with E-state index in [4.69, 9.17) is 4.74 Å². The Kier molecular flexibility index (Phi) is 3.67. The largest absolute Gasteiger partial charge is 0.487 e. The van der Waals surface area contributed by atoms with Crippen molar-refractivity contribution >= 4 is 0 Å². The third-order valence-corrected chi connectivity index (χ3v) is 2.83. The van der Waals surface area contributed by atoms with Crippen molar-refractivity contribution in [2.75, 3.05) is 0 Å². The van der Waals surface area contributed by atoms with Crippen LogP contribution >= 0.6 is 0 Å². The van der Waals surface area contributed by atoms with Gasteiger partial charge in [-0.1, -0.05) is 12.1 Å². The van der Waals surface area contributed by atoms with Crippen LogP contribution in [0.2, 0.25) is 0 Å². The van der Waals surface area contributed by atoms with Gasteiger partial charge < -0.3 is 9.84 Å². The molecule has 0 aliphatic heterocycles. The van der Waals surface area contributed by atoms with E-state index in [1.54, 1.807) is 6.92 Å². The molecule has 2 aromatic rings. The first kappa shape index (κ1) is 12.6. The zero-order chi connectivity index (χ0) is 13.1. The van der Waals surface area contributed by atoms with Crippen molar-refractivity contribution in [2.24, 2.45) is 7.05 Å². The number of aryl methyl sites for hydroxylation is 2. The Morgan fingerprint density at radius 1 is 1.39 bits per heavy atom. The molecule has 0 aliphatic rings. The van der Waals surface area contributed by atoms with Crippen molar-refractivity contribution < 1.29 is 9.84 Å². The first-order valence-corrected chi connectivity index (χ1v) is 5.96. The van der Waals surface area contributed by atoms with Gasteiger partial charge in [-0.15, -0.1) is 0 Å². The van der Waals surface area contributed by atoms with E-state index in [2.05, 4.69) is 5.10 Å². The van der Waals surface area contributed by atoms with Gasteiger partial charge in [0.05, 0.1) is 17.5 Å². The maximum atomic E-state index is 9.51. The summed E-state index contributed by atoms with van der Waals surface area (Å²) >= 11 is 0. The fourth-order valence-electron chi connectivity index (χ4n) is 1.82. The van der Waals surface area contributed by atoms with Gasteiger partial charge in [-0.2, -0.15) is 5.10 Å². The second kappa shape index (κ2) is 5.23. The molecule has 0 bridgehead atoms. The van der Waals surface area contributed by atoms with Crippen molar-refractivity contribution in [2.45, 2.75) is 26.6 Å².